The topological polar surface area (TPSA) is 81.2 Å². The predicted octanol–water partition coefficient (Wildman–Crippen LogP) is 2.77. The van der Waals surface area contributed by atoms with Gasteiger partial charge in [0, 0.05) is 30.9 Å². The molecule has 1 amide bonds. The monoisotopic (exact) mass is 384 g/mol. The molecule has 0 radical (unpaired) electrons. The minimum absolute atomic E-state index is 0. The predicted molar refractivity (Wildman–Crippen MR) is 109 cm³/mol. The van der Waals surface area contributed by atoms with Gasteiger partial charge in [-0.1, -0.05) is 18.2 Å². The Labute approximate surface area is 163 Å². The van der Waals surface area contributed by atoms with E-state index in [0.717, 1.165) is 29.8 Å². The minimum atomic E-state index is -0.119. The van der Waals surface area contributed by atoms with Crippen molar-refractivity contribution in [3.8, 4) is 0 Å². The molecule has 0 aliphatic carbocycles. The number of nitrogens with zero attached hydrogens (tertiary/aromatic N) is 3. The number of aromatic nitrogens is 2. The normalized spacial score (nSPS) is 13.1. The summed E-state index contributed by atoms with van der Waals surface area (Å²) < 4.78 is 1.50. The smallest absolute Gasteiger partial charge is 0.261 e. The summed E-state index contributed by atoms with van der Waals surface area (Å²) in [5, 5.41) is 0.568. The SMILES string of the molecule is Cl.Nc1cccc2c1CCCN2C(=O)CCn1cnc2ccccc2c1=O. The number of amides is 1. The molecule has 6 nitrogen and oxygen atoms in total. The number of nitrogens with two attached hydrogens (primary N) is 1. The third-order valence-corrected chi connectivity index (χ3v) is 4.89. The van der Waals surface area contributed by atoms with E-state index in [1.54, 1.807) is 17.0 Å². The molecule has 0 saturated heterocycles. The first-order valence-electron chi connectivity index (χ1n) is 8.77. The molecule has 3 aromatic rings. The van der Waals surface area contributed by atoms with Crippen molar-refractivity contribution in [3.63, 3.8) is 0 Å². The van der Waals surface area contributed by atoms with Gasteiger partial charge in [0.25, 0.3) is 5.56 Å². The highest BCUT2D eigenvalue weighted by Gasteiger charge is 2.23. The third-order valence-electron chi connectivity index (χ3n) is 4.89. The van der Waals surface area contributed by atoms with Gasteiger partial charge in [-0.05, 0) is 42.7 Å². The lowest BCUT2D eigenvalue weighted by Crippen LogP contribution is -2.36. The van der Waals surface area contributed by atoms with E-state index < -0.39 is 0 Å². The number of fused-ring (bicyclic) bond motifs is 2. The molecule has 1 aromatic heterocycles. The Balaban J connectivity index is 0.00000210. The van der Waals surface area contributed by atoms with Crippen molar-refractivity contribution < 1.29 is 4.79 Å². The second-order valence-electron chi connectivity index (χ2n) is 6.50. The van der Waals surface area contributed by atoms with Crippen LogP contribution in [0.3, 0.4) is 0 Å². The molecular formula is C20H21ClN4O2. The highest BCUT2D eigenvalue weighted by Crippen LogP contribution is 2.31. The molecule has 2 heterocycles. The quantitative estimate of drug-likeness (QED) is 0.704. The molecule has 140 valence electrons. The van der Waals surface area contributed by atoms with Crippen molar-refractivity contribution in [1.29, 1.82) is 0 Å². The molecule has 0 unspecified atom stereocenters. The summed E-state index contributed by atoms with van der Waals surface area (Å²) in [7, 11) is 0. The highest BCUT2D eigenvalue weighted by molar-refractivity contribution is 5.95. The zero-order valence-corrected chi connectivity index (χ0v) is 15.6. The molecule has 1 aliphatic rings. The first-order valence-corrected chi connectivity index (χ1v) is 8.77. The van der Waals surface area contributed by atoms with Crippen molar-refractivity contribution in [1.82, 2.24) is 9.55 Å². The second kappa shape index (κ2) is 7.80. The number of anilines is 2. The number of rotatable bonds is 3. The maximum absolute atomic E-state index is 12.8. The number of hydrogen-bond donors (Lipinski definition) is 1. The third kappa shape index (κ3) is 3.53. The van der Waals surface area contributed by atoms with Gasteiger partial charge >= 0.3 is 0 Å². The molecule has 4 rings (SSSR count). The molecule has 0 bridgehead atoms. The molecule has 0 atom stereocenters. The van der Waals surface area contributed by atoms with Crippen LogP contribution in [0.15, 0.2) is 53.6 Å². The van der Waals surface area contributed by atoms with Gasteiger partial charge in [-0.25, -0.2) is 4.98 Å². The summed E-state index contributed by atoms with van der Waals surface area (Å²) in [6.45, 7) is 0.990. The Morgan fingerprint density at radius 3 is 2.81 bits per heavy atom. The molecule has 2 aromatic carbocycles. The Morgan fingerprint density at radius 2 is 1.96 bits per heavy atom. The number of aryl methyl sites for hydroxylation is 1. The van der Waals surface area contributed by atoms with Crippen molar-refractivity contribution in [2.45, 2.75) is 25.8 Å². The van der Waals surface area contributed by atoms with Crippen LogP contribution in [-0.2, 0) is 17.8 Å². The molecule has 0 fully saturated rings. The fourth-order valence-corrected chi connectivity index (χ4v) is 3.53. The van der Waals surface area contributed by atoms with Crippen LogP contribution in [-0.4, -0.2) is 22.0 Å². The van der Waals surface area contributed by atoms with E-state index in [9.17, 15) is 9.59 Å². The Hall–Kier alpha value is -2.86. The molecule has 7 heteroatoms. The van der Waals surface area contributed by atoms with Crippen LogP contribution in [0.5, 0.6) is 0 Å². The molecule has 0 spiro atoms. The van der Waals surface area contributed by atoms with E-state index in [2.05, 4.69) is 4.98 Å². The van der Waals surface area contributed by atoms with Crippen LogP contribution < -0.4 is 16.2 Å². The summed E-state index contributed by atoms with van der Waals surface area (Å²) >= 11 is 0. The van der Waals surface area contributed by atoms with Gasteiger partial charge in [0.2, 0.25) is 5.91 Å². The standard InChI is InChI=1S/C20H20N4O2.ClH/c21-16-7-3-9-18-14(16)6-4-11-24(18)19(25)10-12-23-13-22-17-8-2-1-5-15(17)20(23)26;/h1-3,5,7-9,13H,4,6,10-12,21H2;1H. The van der Waals surface area contributed by atoms with E-state index in [4.69, 9.17) is 5.73 Å². The van der Waals surface area contributed by atoms with Gasteiger partial charge in [0.1, 0.15) is 0 Å². The van der Waals surface area contributed by atoms with Crippen LogP contribution in [0.4, 0.5) is 11.4 Å². The fraction of sp³-hybridized carbons (Fsp3) is 0.250. The summed E-state index contributed by atoms with van der Waals surface area (Å²) in [6.07, 6.45) is 3.54. The number of halogens is 1. The Kier molecular flexibility index (Phi) is 5.46. The van der Waals surface area contributed by atoms with Crippen LogP contribution in [0, 0.1) is 0 Å². The average Bonchev–Trinajstić information content (AvgIpc) is 2.67. The van der Waals surface area contributed by atoms with Crippen molar-refractivity contribution in [3.05, 3.63) is 64.7 Å². The zero-order chi connectivity index (χ0) is 18.1. The Morgan fingerprint density at radius 1 is 1.15 bits per heavy atom. The van der Waals surface area contributed by atoms with Crippen molar-refractivity contribution in [2.75, 3.05) is 17.2 Å². The molecular weight excluding hydrogens is 364 g/mol. The average molecular weight is 385 g/mol. The van der Waals surface area contributed by atoms with Gasteiger partial charge in [0.05, 0.1) is 17.2 Å². The first-order chi connectivity index (χ1) is 12.6. The van der Waals surface area contributed by atoms with Crippen molar-refractivity contribution in [2.24, 2.45) is 0 Å². The summed E-state index contributed by atoms with van der Waals surface area (Å²) in [6, 6.07) is 12.9. The molecule has 27 heavy (non-hydrogen) atoms. The molecule has 0 saturated carbocycles. The zero-order valence-electron chi connectivity index (χ0n) is 14.8. The maximum Gasteiger partial charge on any atom is 0.261 e. The molecule has 2 N–H and O–H groups in total. The van der Waals surface area contributed by atoms with Crippen LogP contribution >= 0.6 is 12.4 Å². The second-order valence-corrected chi connectivity index (χ2v) is 6.50. The van der Waals surface area contributed by atoms with Gasteiger partial charge in [-0.15, -0.1) is 12.4 Å². The first kappa shape index (κ1) is 18.9. The number of hydrogen-bond acceptors (Lipinski definition) is 4. The van der Waals surface area contributed by atoms with Crippen LogP contribution in [0.25, 0.3) is 10.9 Å². The lowest BCUT2D eigenvalue weighted by atomic mass is 9.99. The summed E-state index contributed by atoms with van der Waals surface area (Å²) in [5.74, 6) is -0.00314. The minimum Gasteiger partial charge on any atom is -0.398 e. The van der Waals surface area contributed by atoms with E-state index in [1.165, 1.54) is 10.9 Å². The number of carbonyl (C=O) groups excluding carboxylic acids is 1. The largest absolute Gasteiger partial charge is 0.398 e. The number of benzene rings is 2. The van der Waals surface area contributed by atoms with Gasteiger partial charge < -0.3 is 10.6 Å². The summed E-state index contributed by atoms with van der Waals surface area (Å²) in [4.78, 5) is 31.4. The van der Waals surface area contributed by atoms with Crippen LogP contribution in [0.2, 0.25) is 0 Å². The van der Waals surface area contributed by atoms with E-state index >= 15 is 0 Å². The van der Waals surface area contributed by atoms with E-state index in [0.29, 0.717) is 24.0 Å². The maximum atomic E-state index is 12.8. The van der Waals surface area contributed by atoms with Gasteiger partial charge in [-0.2, -0.15) is 0 Å². The molecule has 1 aliphatic heterocycles. The van der Waals surface area contributed by atoms with Crippen LogP contribution in [0.1, 0.15) is 18.4 Å². The van der Waals surface area contributed by atoms with Gasteiger partial charge in [-0.3, -0.25) is 14.2 Å². The lowest BCUT2D eigenvalue weighted by molar-refractivity contribution is -0.118. The number of para-hydroxylation sites is 1. The van der Waals surface area contributed by atoms with Crippen molar-refractivity contribution >= 4 is 40.6 Å². The van der Waals surface area contributed by atoms with E-state index in [-0.39, 0.29) is 30.3 Å². The number of carbonyl (C=O) groups is 1. The lowest BCUT2D eigenvalue weighted by Gasteiger charge is -2.30. The summed E-state index contributed by atoms with van der Waals surface area (Å²) in [5.41, 5.74) is 9.26. The van der Waals surface area contributed by atoms with Gasteiger partial charge in [0.15, 0.2) is 0 Å². The van der Waals surface area contributed by atoms with E-state index in [1.807, 2.05) is 30.3 Å². The fourth-order valence-electron chi connectivity index (χ4n) is 3.53. The highest BCUT2D eigenvalue weighted by atomic mass is 35.5. The number of nitrogen functional groups attached to an aromatic ring is 1. The Bertz CT molecular complexity index is 1050.